The van der Waals surface area contributed by atoms with Gasteiger partial charge in [0.2, 0.25) is 0 Å². The zero-order chi connectivity index (χ0) is 12.0. The van der Waals surface area contributed by atoms with Crippen molar-refractivity contribution in [2.75, 3.05) is 19.6 Å². The number of rotatable bonds is 2. The third-order valence-electron chi connectivity index (χ3n) is 3.93. The smallest absolute Gasteiger partial charge is 0.1000 e. The molecule has 4 heteroatoms. The molecule has 0 aromatic rings. The Morgan fingerprint density at radius 2 is 2.19 bits per heavy atom. The third kappa shape index (κ3) is 1.85. The molecule has 0 aliphatic carbocycles. The van der Waals surface area contributed by atoms with E-state index in [2.05, 4.69) is 37.3 Å². The topological polar surface area (TPSA) is 32.3 Å². The summed E-state index contributed by atoms with van der Waals surface area (Å²) in [4.78, 5) is 0. The van der Waals surface area contributed by atoms with Crippen molar-refractivity contribution in [3.63, 3.8) is 0 Å². The Morgan fingerprint density at radius 1 is 1.50 bits per heavy atom. The molecule has 0 amide bonds. The van der Waals surface area contributed by atoms with Gasteiger partial charge in [0.05, 0.1) is 15.7 Å². The van der Waals surface area contributed by atoms with Crippen molar-refractivity contribution in [2.45, 2.75) is 51.3 Å². The standard InChI is InChI=1S/C12H24N2OS/c1-5-10-12(6-7-13-8-12)9-14(10)16(15)11(2,3)4/h10,13H,5-9H2,1-4H3. The SMILES string of the molecule is CCC1N(S(=O)C(C)(C)C)CC12CCNC2. The molecule has 0 aromatic carbocycles. The molecule has 2 fully saturated rings. The van der Waals surface area contributed by atoms with Crippen LogP contribution in [0.4, 0.5) is 0 Å². The minimum Gasteiger partial charge on any atom is -0.316 e. The average molecular weight is 244 g/mol. The Morgan fingerprint density at radius 3 is 2.62 bits per heavy atom. The zero-order valence-corrected chi connectivity index (χ0v) is 11.7. The molecular formula is C12H24N2OS. The molecule has 0 radical (unpaired) electrons. The van der Waals surface area contributed by atoms with Gasteiger partial charge in [-0.2, -0.15) is 0 Å². The maximum absolute atomic E-state index is 12.4. The predicted octanol–water partition coefficient (Wildman–Crippen LogP) is 1.52. The van der Waals surface area contributed by atoms with E-state index >= 15 is 0 Å². The monoisotopic (exact) mass is 244 g/mol. The summed E-state index contributed by atoms with van der Waals surface area (Å²) in [5.74, 6) is 0. The van der Waals surface area contributed by atoms with Crippen molar-refractivity contribution in [2.24, 2.45) is 5.41 Å². The van der Waals surface area contributed by atoms with Gasteiger partial charge in [0.1, 0.15) is 0 Å². The fourth-order valence-corrected chi connectivity index (χ4v) is 4.75. The van der Waals surface area contributed by atoms with Gasteiger partial charge in [-0.05, 0) is 40.2 Å². The van der Waals surface area contributed by atoms with Crippen LogP contribution in [-0.2, 0) is 11.0 Å². The summed E-state index contributed by atoms with van der Waals surface area (Å²) in [6.45, 7) is 11.7. The first kappa shape index (κ1) is 12.5. The highest BCUT2D eigenvalue weighted by Crippen LogP contribution is 2.46. The number of hydrogen-bond acceptors (Lipinski definition) is 2. The maximum Gasteiger partial charge on any atom is 0.1000 e. The third-order valence-corrected chi connectivity index (χ3v) is 5.78. The zero-order valence-electron chi connectivity index (χ0n) is 10.9. The molecule has 0 aromatic heterocycles. The van der Waals surface area contributed by atoms with Gasteiger partial charge in [0.25, 0.3) is 0 Å². The first-order valence-corrected chi connectivity index (χ1v) is 7.41. The highest BCUT2D eigenvalue weighted by Gasteiger charge is 2.55. The Balaban J connectivity index is 2.08. The van der Waals surface area contributed by atoms with Crippen LogP contribution in [0, 0.1) is 5.41 Å². The van der Waals surface area contributed by atoms with E-state index in [4.69, 9.17) is 0 Å². The van der Waals surface area contributed by atoms with Crippen LogP contribution in [0.5, 0.6) is 0 Å². The molecule has 2 aliphatic rings. The van der Waals surface area contributed by atoms with Crippen LogP contribution in [0.2, 0.25) is 0 Å². The van der Waals surface area contributed by atoms with Crippen LogP contribution in [-0.4, -0.2) is 38.9 Å². The van der Waals surface area contributed by atoms with Crippen molar-refractivity contribution in [3.8, 4) is 0 Å². The second-order valence-corrected chi connectivity index (χ2v) is 8.34. The van der Waals surface area contributed by atoms with E-state index in [0.717, 1.165) is 26.1 Å². The van der Waals surface area contributed by atoms with Gasteiger partial charge in [-0.15, -0.1) is 0 Å². The minimum atomic E-state index is -0.842. The Labute approximate surface area is 102 Å². The van der Waals surface area contributed by atoms with Crippen molar-refractivity contribution >= 4 is 11.0 Å². The summed E-state index contributed by atoms with van der Waals surface area (Å²) < 4.78 is 14.5. The molecule has 0 bridgehead atoms. The number of hydrogen-bond donors (Lipinski definition) is 1. The highest BCUT2D eigenvalue weighted by atomic mass is 32.2. The first-order chi connectivity index (χ1) is 7.41. The van der Waals surface area contributed by atoms with Gasteiger partial charge < -0.3 is 5.32 Å². The molecule has 1 N–H and O–H groups in total. The lowest BCUT2D eigenvalue weighted by molar-refractivity contribution is 0.00649. The normalized spacial score (nSPS) is 37.6. The molecule has 3 atom stereocenters. The molecule has 1 spiro atoms. The first-order valence-electron chi connectivity index (χ1n) is 6.30. The second kappa shape index (κ2) is 4.07. The van der Waals surface area contributed by atoms with E-state index in [-0.39, 0.29) is 4.75 Å². The molecule has 3 unspecified atom stereocenters. The van der Waals surface area contributed by atoms with Gasteiger partial charge in [-0.3, -0.25) is 0 Å². The van der Waals surface area contributed by atoms with E-state index in [1.165, 1.54) is 6.42 Å². The largest absolute Gasteiger partial charge is 0.316 e. The summed E-state index contributed by atoms with van der Waals surface area (Å²) in [5.41, 5.74) is 0.426. The van der Waals surface area contributed by atoms with Crippen molar-refractivity contribution in [1.29, 1.82) is 0 Å². The highest BCUT2D eigenvalue weighted by molar-refractivity contribution is 7.84. The molecule has 0 saturated carbocycles. The Hall–Kier alpha value is 0.0700. The fraction of sp³-hybridized carbons (Fsp3) is 1.00. The van der Waals surface area contributed by atoms with Crippen molar-refractivity contribution in [3.05, 3.63) is 0 Å². The van der Waals surface area contributed by atoms with Crippen LogP contribution in [0.3, 0.4) is 0 Å². The number of nitrogens with zero attached hydrogens (tertiary/aromatic N) is 1. The molecule has 94 valence electrons. The van der Waals surface area contributed by atoms with Crippen molar-refractivity contribution in [1.82, 2.24) is 9.62 Å². The predicted molar refractivity (Wildman–Crippen MR) is 68.6 cm³/mol. The Kier molecular flexibility index (Phi) is 3.19. The molecule has 2 saturated heterocycles. The van der Waals surface area contributed by atoms with Crippen LogP contribution < -0.4 is 5.32 Å². The van der Waals surface area contributed by atoms with Crippen molar-refractivity contribution < 1.29 is 4.21 Å². The fourth-order valence-electron chi connectivity index (χ4n) is 3.06. The summed E-state index contributed by atoms with van der Waals surface area (Å²) in [6.07, 6.45) is 2.37. The van der Waals surface area contributed by atoms with E-state index in [1.54, 1.807) is 0 Å². The van der Waals surface area contributed by atoms with Gasteiger partial charge in [-0.25, -0.2) is 8.51 Å². The molecule has 3 nitrogen and oxygen atoms in total. The lowest BCUT2D eigenvalue weighted by Crippen LogP contribution is -2.67. The summed E-state index contributed by atoms with van der Waals surface area (Å²) >= 11 is 0. The molecular weight excluding hydrogens is 220 g/mol. The van der Waals surface area contributed by atoms with E-state index in [9.17, 15) is 4.21 Å². The lowest BCUT2D eigenvalue weighted by Gasteiger charge is -2.56. The van der Waals surface area contributed by atoms with Crippen LogP contribution in [0.25, 0.3) is 0 Å². The summed E-state index contributed by atoms with van der Waals surface area (Å²) in [5, 5.41) is 3.45. The minimum absolute atomic E-state index is 0.124. The van der Waals surface area contributed by atoms with Gasteiger partial charge in [0.15, 0.2) is 0 Å². The van der Waals surface area contributed by atoms with Crippen LogP contribution in [0.15, 0.2) is 0 Å². The average Bonchev–Trinajstić information content (AvgIpc) is 2.63. The summed E-state index contributed by atoms with van der Waals surface area (Å²) in [7, 11) is -0.842. The molecule has 2 rings (SSSR count). The molecule has 16 heavy (non-hydrogen) atoms. The van der Waals surface area contributed by atoms with Crippen LogP contribution >= 0.6 is 0 Å². The molecule has 2 aliphatic heterocycles. The van der Waals surface area contributed by atoms with E-state index in [1.807, 2.05) is 0 Å². The van der Waals surface area contributed by atoms with Crippen LogP contribution in [0.1, 0.15) is 40.5 Å². The van der Waals surface area contributed by atoms with Gasteiger partial charge in [-0.1, -0.05) is 6.92 Å². The lowest BCUT2D eigenvalue weighted by atomic mass is 9.71. The van der Waals surface area contributed by atoms with Gasteiger partial charge >= 0.3 is 0 Å². The van der Waals surface area contributed by atoms with Gasteiger partial charge in [0, 0.05) is 24.5 Å². The summed E-state index contributed by atoms with van der Waals surface area (Å²) in [6, 6.07) is 0.516. The Bertz CT molecular complexity index is 292. The molecule has 2 heterocycles. The second-order valence-electron chi connectivity index (χ2n) is 6.15. The maximum atomic E-state index is 12.4. The quantitative estimate of drug-likeness (QED) is 0.799. The van der Waals surface area contributed by atoms with E-state index < -0.39 is 11.0 Å². The number of nitrogens with one attached hydrogen (secondary N) is 1. The van der Waals surface area contributed by atoms with E-state index in [0.29, 0.717) is 11.5 Å².